The number of hydrogen-bond donors (Lipinski definition) is 2. The van der Waals surface area contributed by atoms with Crippen molar-refractivity contribution in [1.82, 2.24) is 9.21 Å². The number of carbonyl (C=O) groups is 1. The third-order valence-corrected chi connectivity index (χ3v) is 5.90. The van der Waals surface area contributed by atoms with Crippen LogP contribution in [0.3, 0.4) is 0 Å². The second kappa shape index (κ2) is 10.3. The molecule has 1 saturated heterocycles. The van der Waals surface area contributed by atoms with Gasteiger partial charge in [0.1, 0.15) is 0 Å². The molecule has 1 aliphatic rings. The van der Waals surface area contributed by atoms with Crippen LogP contribution in [0, 0.1) is 5.92 Å². The Labute approximate surface area is 161 Å². The Balaban J connectivity index is 0.00000288. The first kappa shape index (κ1) is 24.1. The molecule has 0 aliphatic carbocycles. The van der Waals surface area contributed by atoms with Crippen molar-refractivity contribution >= 4 is 46.4 Å². The molecule has 1 amide bonds. The number of carbonyl (C=O) groups excluding carboxylic acids is 1. The van der Waals surface area contributed by atoms with Crippen molar-refractivity contribution in [3.8, 4) is 0 Å². The molecule has 1 fully saturated rings. The van der Waals surface area contributed by atoms with Crippen LogP contribution in [-0.2, 0) is 14.8 Å². The van der Waals surface area contributed by atoms with Gasteiger partial charge in [-0.15, -0.1) is 24.8 Å². The number of nitrogens with one attached hydrogen (secondary N) is 1. The van der Waals surface area contributed by atoms with Gasteiger partial charge in [0, 0.05) is 44.3 Å². The lowest BCUT2D eigenvalue weighted by Crippen LogP contribution is -2.47. The molecule has 25 heavy (non-hydrogen) atoms. The Morgan fingerprint density at radius 2 is 1.84 bits per heavy atom. The summed E-state index contributed by atoms with van der Waals surface area (Å²) in [5, 5.41) is 2.70. The zero-order valence-corrected chi connectivity index (χ0v) is 16.8. The molecule has 0 saturated carbocycles. The summed E-state index contributed by atoms with van der Waals surface area (Å²) in [6, 6.07) is 6.35. The number of piperazine rings is 1. The van der Waals surface area contributed by atoms with Crippen LogP contribution >= 0.6 is 24.8 Å². The summed E-state index contributed by atoms with van der Waals surface area (Å²) in [5.74, 6) is -0.547. The van der Waals surface area contributed by atoms with Crippen LogP contribution in [0.1, 0.15) is 6.92 Å². The minimum absolute atomic E-state index is 0. The molecular formula is C15H26Cl2N4O3S. The van der Waals surface area contributed by atoms with E-state index in [9.17, 15) is 13.2 Å². The first-order valence-corrected chi connectivity index (χ1v) is 9.08. The predicted molar refractivity (Wildman–Crippen MR) is 104 cm³/mol. The van der Waals surface area contributed by atoms with Crippen molar-refractivity contribution in [3.05, 3.63) is 24.3 Å². The van der Waals surface area contributed by atoms with E-state index in [0.717, 1.165) is 0 Å². The highest BCUT2D eigenvalue weighted by molar-refractivity contribution is 7.89. The normalized spacial score (nSPS) is 17.1. The molecular weight excluding hydrogens is 387 g/mol. The molecule has 1 aliphatic heterocycles. The molecule has 144 valence electrons. The summed E-state index contributed by atoms with van der Waals surface area (Å²) in [6.07, 6.45) is 0. The molecule has 1 heterocycles. The fourth-order valence-electron chi connectivity index (χ4n) is 2.28. The fraction of sp³-hybridized carbons (Fsp3) is 0.533. The molecule has 3 N–H and O–H groups in total. The molecule has 2 rings (SSSR count). The molecule has 1 aromatic rings. The largest absolute Gasteiger partial charge is 0.330 e. The number of amides is 1. The second-order valence-corrected chi connectivity index (χ2v) is 7.80. The van der Waals surface area contributed by atoms with Gasteiger partial charge in [0.15, 0.2) is 0 Å². The summed E-state index contributed by atoms with van der Waals surface area (Å²) < 4.78 is 26.9. The Morgan fingerprint density at radius 1 is 1.24 bits per heavy atom. The summed E-state index contributed by atoms with van der Waals surface area (Å²) in [4.78, 5) is 14.2. The monoisotopic (exact) mass is 412 g/mol. The molecule has 0 aromatic heterocycles. The van der Waals surface area contributed by atoms with Gasteiger partial charge >= 0.3 is 0 Å². The van der Waals surface area contributed by atoms with Crippen molar-refractivity contribution in [2.75, 3.05) is 45.1 Å². The van der Waals surface area contributed by atoms with E-state index in [1.54, 1.807) is 25.1 Å². The third-order valence-electron chi connectivity index (χ3n) is 4.00. The smallest absolute Gasteiger partial charge is 0.243 e. The lowest BCUT2D eigenvalue weighted by atomic mass is 10.1. The number of hydrogen-bond acceptors (Lipinski definition) is 5. The number of sulfonamides is 1. The number of halogens is 2. The van der Waals surface area contributed by atoms with Crippen molar-refractivity contribution in [2.45, 2.75) is 11.8 Å². The second-order valence-electron chi connectivity index (χ2n) is 5.86. The predicted octanol–water partition coefficient (Wildman–Crippen LogP) is 1.000. The summed E-state index contributed by atoms with van der Waals surface area (Å²) in [6.45, 7) is 4.33. The summed E-state index contributed by atoms with van der Waals surface area (Å²) >= 11 is 0. The lowest BCUT2D eigenvalue weighted by molar-refractivity contribution is -0.119. The number of anilines is 1. The Morgan fingerprint density at radius 3 is 2.40 bits per heavy atom. The van der Waals surface area contributed by atoms with Gasteiger partial charge in [-0.25, -0.2) is 8.42 Å². The van der Waals surface area contributed by atoms with Gasteiger partial charge in [-0.2, -0.15) is 4.31 Å². The summed E-state index contributed by atoms with van der Waals surface area (Å²) in [7, 11) is -1.57. The maximum Gasteiger partial charge on any atom is 0.243 e. The van der Waals surface area contributed by atoms with E-state index in [4.69, 9.17) is 5.73 Å². The van der Waals surface area contributed by atoms with Crippen LogP contribution in [0.25, 0.3) is 0 Å². The molecule has 1 unspecified atom stereocenters. The zero-order valence-electron chi connectivity index (χ0n) is 14.3. The molecule has 0 spiro atoms. The van der Waals surface area contributed by atoms with Crippen molar-refractivity contribution in [1.29, 1.82) is 0 Å². The van der Waals surface area contributed by atoms with Crippen LogP contribution in [-0.4, -0.2) is 63.3 Å². The maximum atomic E-state index is 12.7. The zero-order chi connectivity index (χ0) is 17.0. The van der Waals surface area contributed by atoms with Gasteiger partial charge in [-0.3, -0.25) is 4.79 Å². The third kappa shape index (κ3) is 6.09. The minimum Gasteiger partial charge on any atom is -0.330 e. The number of benzene rings is 1. The van der Waals surface area contributed by atoms with Gasteiger partial charge in [0.25, 0.3) is 0 Å². The van der Waals surface area contributed by atoms with Crippen LogP contribution < -0.4 is 11.1 Å². The Bertz CT molecular complexity index is 664. The average Bonchev–Trinajstić information content (AvgIpc) is 2.54. The maximum absolute atomic E-state index is 12.7. The van der Waals surface area contributed by atoms with E-state index in [1.165, 1.54) is 10.4 Å². The van der Waals surface area contributed by atoms with E-state index in [-0.39, 0.29) is 48.1 Å². The number of rotatable bonds is 5. The SMILES string of the molecule is CC(CN)C(=O)Nc1cccc(S(=O)(=O)N2CCN(C)CC2)c1.Cl.Cl. The highest BCUT2D eigenvalue weighted by Gasteiger charge is 2.27. The Hall–Kier alpha value is -0.900. The number of nitrogens with zero attached hydrogens (tertiary/aromatic N) is 2. The Kier molecular flexibility index (Phi) is 9.93. The molecule has 1 atom stereocenters. The van der Waals surface area contributed by atoms with E-state index in [0.29, 0.717) is 31.9 Å². The van der Waals surface area contributed by atoms with E-state index in [1.807, 2.05) is 7.05 Å². The lowest BCUT2D eigenvalue weighted by Gasteiger charge is -2.31. The standard InChI is InChI=1S/C15H24N4O3S.2ClH/c1-12(11-16)15(20)17-13-4-3-5-14(10-13)23(21,22)19-8-6-18(2)7-9-19;;/h3-5,10,12H,6-9,11,16H2,1-2H3,(H,17,20);2*1H. The van der Waals surface area contributed by atoms with Crippen LogP contribution in [0.5, 0.6) is 0 Å². The van der Waals surface area contributed by atoms with Gasteiger partial charge in [-0.1, -0.05) is 13.0 Å². The highest BCUT2D eigenvalue weighted by atomic mass is 35.5. The highest BCUT2D eigenvalue weighted by Crippen LogP contribution is 2.21. The van der Waals surface area contributed by atoms with Crippen molar-refractivity contribution in [2.24, 2.45) is 11.7 Å². The first-order chi connectivity index (χ1) is 10.8. The molecule has 10 heteroatoms. The first-order valence-electron chi connectivity index (χ1n) is 7.64. The molecule has 1 aromatic carbocycles. The number of likely N-dealkylation sites (N-methyl/N-ethyl adjacent to an activating group) is 1. The quantitative estimate of drug-likeness (QED) is 0.751. The van der Waals surface area contributed by atoms with Crippen LogP contribution in [0.15, 0.2) is 29.2 Å². The van der Waals surface area contributed by atoms with Crippen LogP contribution in [0.4, 0.5) is 5.69 Å². The van der Waals surface area contributed by atoms with E-state index >= 15 is 0 Å². The van der Waals surface area contributed by atoms with Gasteiger partial charge in [-0.05, 0) is 25.2 Å². The fourth-order valence-corrected chi connectivity index (χ4v) is 3.75. The van der Waals surface area contributed by atoms with Crippen molar-refractivity contribution < 1.29 is 13.2 Å². The van der Waals surface area contributed by atoms with Crippen LogP contribution in [0.2, 0.25) is 0 Å². The molecule has 0 bridgehead atoms. The van der Waals surface area contributed by atoms with Gasteiger partial charge in [0.2, 0.25) is 15.9 Å². The van der Waals surface area contributed by atoms with Gasteiger partial charge < -0.3 is 16.0 Å². The van der Waals surface area contributed by atoms with Crippen molar-refractivity contribution in [3.63, 3.8) is 0 Å². The average molecular weight is 413 g/mol. The minimum atomic E-state index is -3.54. The summed E-state index contributed by atoms with van der Waals surface area (Å²) in [5.41, 5.74) is 5.93. The molecule has 0 radical (unpaired) electrons. The number of nitrogens with two attached hydrogens (primary N) is 1. The topological polar surface area (TPSA) is 95.7 Å². The van der Waals surface area contributed by atoms with Gasteiger partial charge in [0.05, 0.1) is 4.90 Å². The van der Waals surface area contributed by atoms with E-state index < -0.39 is 10.0 Å². The van der Waals surface area contributed by atoms with E-state index in [2.05, 4.69) is 10.2 Å². The molecule has 7 nitrogen and oxygen atoms in total.